The monoisotopic (exact) mass is 434 g/mol. The molecule has 0 spiro atoms. The molecule has 0 N–H and O–H groups in total. The average molecular weight is 435 g/mol. The minimum absolute atomic E-state index is 0.0603. The van der Waals surface area contributed by atoms with E-state index in [2.05, 4.69) is 54.6 Å². The van der Waals surface area contributed by atoms with Gasteiger partial charge in [-0.2, -0.15) is 0 Å². The van der Waals surface area contributed by atoms with Crippen molar-refractivity contribution in [3.05, 3.63) is 96.1 Å². The molecule has 0 saturated heterocycles. The molecule has 1 aromatic heterocycles. The van der Waals surface area contributed by atoms with Crippen LogP contribution in [0.3, 0.4) is 0 Å². The van der Waals surface area contributed by atoms with Crippen LogP contribution < -0.4 is 9.47 Å². The van der Waals surface area contributed by atoms with Crippen LogP contribution in [-0.2, 0) is 6.42 Å². The molecule has 33 heavy (non-hydrogen) atoms. The Morgan fingerprint density at radius 1 is 0.667 bits per heavy atom. The van der Waals surface area contributed by atoms with E-state index < -0.39 is 0 Å². The number of methoxy groups -OCH3 is 1. The fourth-order valence-electron chi connectivity index (χ4n) is 4.13. The first-order chi connectivity index (χ1) is 16.1. The first-order valence-corrected chi connectivity index (χ1v) is 11.2. The summed E-state index contributed by atoms with van der Waals surface area (Å²) < 4.78 is 11.7. The second kappa shape index (κ2) is 8.91. The molecule has 4 nitrogen and oxygen atoms in total. The van der Waals surface area contributed by atoms with E-state index in [1.54, 1.807) is 7.11 Å². The van der Waals surface area contributed by atoms with Crippen LogP contribution in [0.4, 0.5) is 0 Å². The number of hydrogen-bond acceptors (Lipinski definition) is 4. The van der Waals surface area contributed by atoms with E-state index in [1.807, 2.05) is 44.2 Å². The maximum atomic E-state index is 6.07. The Morgan fingerprint density at radius 3 is 2.09 bits per heavy atom. The zero-order valence-corrected chi connectivity index (χ0v) is 19.1. The van der Waals surface area contributed by atoms with Crippen molar-refractivity contribution in [3.63, 3.8) is 0 Å². The number of aromatic nitrogens is 2. The molecule has 164 valence electrons. The van der Waals surface area contributed by atoms with Gasteiger partial charge in [-0.25, -0.2) is 9.97 Å². The van der Waals surface area contributed by atoms with Gasteiger partial charge in [0.2, 0.25) is 0 Å². The normalized spacial score (nSPS) is 11.3. The van der Waals surface area contributed by atoms with Gasteiger partial charge in [0.1, 0.15) is 11.5 Å². The topological polar surface area (TPSA) is 44.2 Å². The van der Waals surface area contributed by atoms with Gasteiger partial charge in [0.15, 0.2) is 0 Å². The van der Waals surface area contributed by atoms with Crippen molar-refractivity contribution >= 4 is 22.1 Å². The van der Waals surface area contributed by atoms with E-state index in [-0.39, 0.29) is 6.10 Å². The van der Waals surface area contributed by atoms with E-state index in [4.69, 9.17) is 19.4 Å². The van der Waals surface area contributed by atoms with Gasteiger partial charge in [-0.15, -0.1) is 0 Å². The molecule has 0 fully saturated rings. The lowest BCUT2D eigenvalue weighted by Crippen LogP contribution is -2.07. The van der Waals surface area contributed by atoms with Crippen molar-refractivity contribution in [2.24, 2.45) is 0 Å². The van der Waals surface area contributed by atoms with Gasteiger partial charge in [-0.1, -0.05) is 48.5 Å². The minimum atomic E-state index is 0.0603. The third-order valence-corrected chi connectivity index (χ3v) is 5.61. The van der Waals surface area contributed by atoms with Gasteiger partial charge in [-0.3, -0.25) is 0 Å². The molecule has 5 rings (SSSR count). The Hall–Kier alpha value is -3.92. The summed E-state index contributed by atoms with van der Waals surface area (Å²) in [5.74, 6) is 1.56. The third kappa shape index (κ3) is 4.37. The van der Waals surface area contributed by atoms with Crippen LogP contribution in [0, 0.1) is 0 Å². The number of nitrogens with zero attached hydrogens (tertiary/aromatic N) is 2. The number of benzene rings is 4. The maximum absolute atomic E-state index is 6.07. The summed E-state index contributed by atoms with van der Waals surface area (Å²) in [5, 5.41) is 0. The predicted molar refractivity (Wildman–Crippen MR) is 134 cm³/mol. The van der Waals surface area contributed by atoms with E-state index in [9.17, 15) is 0 Å². The number of hydrogen-bond donors (Lipinski definition) is 0. The molecule has 0 amide bonds. The lowest BCUT2D eigenvalue weighted by Gasteiger charge is -2.17. The first-order valence-electron chi connectivity index (χ1n) is 11.2. The lowest BCUT2D eigenvalue weighted by molar-refractivity contribution is 0.242. The smallest absolute Gasteiger partial charge is 0.131 e. The molecule has 0 bridgehead atoms. The van der Waals surface area contributed by atoms with Gasteiger partial charge in [0.25, 0.3) is 0 Å². The van der Waals surface area contributed by atoms with Gasteiger partial charge >= 0.3 is 0 Å². The Bertz CT molecular complexity index is 1430. The first kappa shape index (κ1) is 21.0. The van der Waals surface area contributed by atoms with Crippen molar-refractivity contribution in [2.75, 3.05) is 7.11 Å². The average Bonchev–Trinajstić information content (AvgIpc) is 2.82. The maximum Gasteiger partial charge on any atom is 0.131 e. The number of ether oxygens (including phenoxy) is 2. The largest absolute Gasteiger partial charge is 0.496 e. The van der Waals surface area contributed by atoms with Gasteiger partial charge in [-0.05, 0) is 73.4 Å². The van der Waals surface area contributed by atoms with Crippen molar-refractivity contribution < 1.29 is 9.47 Å². The van der Waals surface area contributed by atoms with E-state index in [1.165, 1.54) is 11.1 Å². The fraction of sp³-hybridized carbons (Fsp3) is 0.172. The molecule has 0 saturated carbocycles. The third-order valence-electron chi connectivity index (χ3n) is 5.61. The Labute approximate surface area is 193 Å². The highest BCUT2D eigenvalue weighted by Gasteiger charge is 2.15. The van der Waals surface area contributed by atoms with Crippen LogP contribution in [0.1, 0.15) is 25.0 Å². The molecule has 0 atom stereocenters. The molecule has 4 heteroatoms. The summed E-state index contributed by atoms with van der Waals surface area (Å²) in [5.41, 5.74) is 7.93. The molecule has 0 aliphatic heterocycles. The highest BCUT2D eigenvalue weighted by molar-refractivity contribution is 5.90. The zero-order valence-electron chi connectivity index (χ0n) is 19.1. The molecular weight excluding hydrogens is 408 g/mol. The summed E-state index contributed by atoms with van der Waals surface area (Å²) in [4.78, 5) is 9.82. The minimum Gasteiger partial charge on any atom is -0.496 e. The highest BCUT2D eigenvalue weighted by atomic mass is 16.5. The number of rotatable bonds is 6. The Kier molecular flexibility index (Phi) is 5.66. The van der Waals surface area contributed by atoms with Crippen LogP contribution >= 0.6 is 0 Å². The lowest BCUT2D eigenvalue weighted by atomic mass is 10.0. The van der Waals surface area contributed by atoms with Crippen LogP contribution in [-0.4, -0.2) is 23.2 Å². The van der Waals surface area contributed by atoms with Crippen LogP contribution in [0.5, 0.6) is 11.5 Å². The van der Waals surface area contributed by atoms with E-state index in [0.29, 0.717) is 0 Å². The molecule has 1 heterocycles. The van der Waals surface area contributed by atoms with Gasteiger partial charge < -0.3 is 9.47 Å². The molecule has 5 aromatic rings. The van der Waals surface area contributed by atoms with Crippen molar-refractivity contribution in [1.82, 2.24) is 9.97 Å². The SMILES string of the molecule is COc1cccc(OC(C)C)c1-c1ccc2nc3cc(Cc4ccccc4)ccc3nc2c1. The van der Waals surface area contributed by atoms with Crippen LogP contribution in [0.15, 0.2) is 84.9 Å². The fourth-order valence-corrected chi connectivity index (χ4v) is 4.13. The van der Waals surface area contributed by atoms with E-state index >= 15 is 0 Å². The summed E-state index contributed by atoms with van der Waals surface area (Å²) >= 11 is 0. The summed E-state index contributed by atoms with van der Waals surface area (Å²) in [6.45, 7) is 4.04. The zero-order chi connectivity index (χ0) is 22.8. The second-order valence-corrected chi connectivity index (χ2v) is 8.41. The summed E-state index contributed by atoms with van der Waals surface area (Å²) in [6.07, 6.45) is 0.937. The van der Waals surface area contributed by atoms with E-state index in [0.717, 1.165) is 51.1 Å². The standard InChI is InChI=1S/C29H26N2O2/c1-19(2)33-28-11-7-10-27(32-3)29(28)22-13-15-24-26(18-22)31-23-14-12-21(17-25(23)30-24)16-20-8-5-4-6-9-20/h4-15,17-19H,16H2,1-3H3. The molecule has 0 aliphatic carbocycles. The Morgan fingerprint density at radius 2 is 1.36 bits per heavy atom. The quantitative estimate of drug-likeness (QED) is 0.275. The van der Waals surface area contributed by atoms with Crippen LogP contribution in [0.25, 0.3) is 33.2 Å². The number of fused-ring (bicyclic) bond motifs is 2. The molecule has 0 unspecified atom stereocenters. The molecule has 4 aromatic carbocycles. The van der Waals surface area contributed by atoms with Crippen molar-refractivity contribution in [3.8, 4) is 22.6 Å². The van der Waals surface area contributed by atoms with Crippen LogP contribution in [0.2, 0.25) is 0 Å². The predicted octanol–water partition coefficient (Wildman–Crippen LogP) is 6.84. The molecular formula is C29H26N2O2. The Balaban J connectivity index is 1.56. The molecule has 0 aliphatic rings. The van der Waals surface area contributed by atoms with Gasteiger partial charge in [0, 0.05) is 0 Å². The summed E-state index contributed by atoms with van der Waals surface area (Å²) in [6, 6.07) is 28.8. The highest BCUT2D eigenvalue weighted by Crippen LogP contribution is 2.39. The molecule has 0 radical (unpaired) electrons. The summed E-state index contributed by atoms with van der Waals surface area (Å²) in [7, 11) is 1.68. The second-order valence-electron chi connectivity index (χ2n) is 8.41. The van der Waals surface area contributed by atoms with Crippen molar-refractivity contribution in [2.45, 2.75) is 26.4 Å². The van der Waals surface area contributed by atoms with Crippen molar-refractivity contribution in [1.29, 1.82) is 0 Å². The van der Waals surface area contributed by atoms with Gasteiger partial charge in [0.05, 0.1) is 40.8 Å².